The van der Waals surface area contributed by atoms with Gasteiger partial charge >= 0.3 is 0 Å². The molecule has 0 spiro atoms. The third-order valence-electron chi connectivity index (χ3n) is 3.43. The van der Waals surface area contributed by atoms with Crippen LogP contribution in [-0.4, -0.2) is 17.6 Å². The quantitative estimate of drug-likeness (QED) is 0.830. The molecule has 0 saturated heterocycles. The Morgan fingerprint density at radius 1 is 1.10 bits per heavy atom. The molecule has 1 aromatic heterocycles. The van der Waals surface area contributed by atoms with E-state index in [1.54, 1.807) is 0 Å². The molecule has 1 atom stereocenters. The normalized spacial score (nSPS) is 12.3. The summed E-state index contributed by atoms with van der Waals surface area (Å²) >= 11 is 0. The zero-order valence-electron chi connectivity index (χ0n) is 12.5. The summed E-state index contributed by atoms with van der Waals surface area (Å²) in [7, 11) is 0. The first kappa shape index (κ1) is 14.7. The van der Waals surface area contributed by atoms with Gasteiger partial charge in [-0.25, -0.2) is 0 Å². The van der Waals surface area contributed by atoms with Crippen LogP contribution in [0.2, 0.25) is 0 Å². The van der Waals surface area contributed by atoms with Gasteiger partial charge in [0.1, 0.15) is 0 Å². The number of pyridine rings is 1. The van der Waals surface area contributed by atoms with E-state index in [1.165, 1.54) is 11.1 Å². The average molecular weight is 268 g/mol. The van der Waals surface area contributed by atoms with Crippen molar-refractivity contribution in [3.63, 3.8) is 0 Å². The first-order chi connectivity index (χ1) is 9.78. The Labute approximate surface area is 122 Å². The van der Waals surface area contributed by atoms with E-state index in [2.05, 4.69) is 60.5 Å². The van der Waals surface area contributed by atoms with Gasteiger partial charge in [0.25, 0.3) is 0 Å². The van der Waals surface area contributed by atoms with Gasteiger partial charge in [0.05, 0.1) is 0 Å². The molecule has 106 valence electrons. The summed E-state index contributed by atoms with van der Waals surface area (Å²) < 4.78 is 0. The van der Waals surface area contributed by atoms with Crippen molar-refractivity contribution in [2.24, 2.45) is 0 Å². The second kappa shape index (κ2) is 7.81. The van der Waals surface area contributed by atoms with E-state index in [1.807, 2.05) is 12.3 Å². The SMILES string of the molecule is CCCNC(Cc1cccc(C)c1)Cc1ccccn1. The van der Waals surface area contributed by atoms with Crippen molar-refractivity contribution in [1.29, 1.82) is 0 Å². The van der Waals surface area contributed by atoms with Gasteiger partial charge in [0.15, 0.2) is 0 Å². The second-order valence-electron chi connectivity index (χ2n) is 5.37. The third-order valence-corrected chi connectivity index (χ3v) is 3.43. The van der Waals surface area contributed by atoms with Crippen LogP contribution in [0.3, 0.4) is 0 Å². The molecule has 2 rings (SSSR count). The van der Waals surface area contributed by atoms with E-state index in [-0.39, 0.29) is 0 Å². The Kier molecular flexibility index (Phi) is 5.75. The van der Waals surface area contributed by atoms with E-state index >= 15 is 0 Å². The lowest BCUT2D eigenvalue weighted by Crippen LogP contribution is -2.34. The molecule has 0 amide bonds. The molecule has 0 saturated carbocycles. The van der Waals surface area contributed by atoms with Crippen LogP contribution in [-0.2, 0) is 12.8 Å². The molecule has 1 heterocycles. The van der Waals surface area contributed by atoms with E-state index in [9.17, 15) is 0 Å². The molecule has 0 radical (unpaired) electrons. The number of hydrogen-bond donors (Lipinski definition) is 1. The van der Waals surface area contributed by atoms with Crippen molar-refractivity contribution in [3.05, 3.63) is 65.5 Å². The Balaban J connectivity index is 2.03. The Morgan fingerprint density at radius 2 is 2.00 bits per heavy atom. The van der Waals surface area contributed by atoms with Crippen molar-refractivity contribution in [1.82, 2.24) is 10.3 Å². The summed E-state index contributed by atoms with van der Waals surface area (Å²) in [6.07, 6.45) is 5.07. The zero-order valence-corrected chi connectivity index (χ0v) is 12.5. The molecule has 20 heavy (non-hydrogen) atoms. The second-order valence-corrected chi connectivity index (χ2v) is 5.37. The number of benzene rings is 1. The number of nitrogens with one attached hydrogen (secondary N) is 1. The number of nitrogens with zero attached hydrogens (tertiary/aromatic N) is 1. The highest BCUT2D eigenvalue weighted by molar-refractivity contribution is 5.23. The minimum Gasteiger partial charge on any atom is -0.313 e. The molecule has 2 nitrogen and oxygen atoms in total. The maximum atomic E-state index is 4.45. The van der Waals surface area contributed by atoms with E-state index in [0.717, 1.165) is 31.5 Å². The highest BCUT2D eigenvalue weighted by atomic mass is 14.9. The van der Waals surface area contributed by atoms with Crippen molar-refractivity contribution in [2.75, 3.05) is 6.54 Å². The first-order valence-corrected chi connectivity index (χ1v) is 7.46. The molecule has 1 unspecified atom stereocenters. The zero-order chi connectivity index (χ0) is 14.2. The summed E-state index contributed by atoms with van der Waals surface area (Å²) in [5.41, 5.74) is 3.89. The molecule has 1 aromatic carbocycles. The molecule has 0 aliphatic carbocycles. The van der Waals surface area contributed by atoms with Gasteiger partial charge in [-0.15, -0.1) is 0 Å². The monoisotopic (exact) mass is 268 g/mol. The van der Waals surface area contributed by atoms with Crippen molar-refractivity contribution in [3.8, 4) is 0 Å². The van der Waals surface area contributed by atoms with E-state index < -0.39 is 0 Å². The fourth-order valence-electron chi connectivity index (χ4n) is 2.46. The number of aromatic nitrogens is 1. The maximum Gasteiger partial charge on any atom is 0.0419 e. The van der Waals surface area contributed by atoms with Gasteiger partial charge in [0.2, 0.25) is 0 Å². The predicted molar refractivity (Wildman–Crippen MR) is 84.9 cm³/mol. The summed E-state index contributed by atoms with van der Waals surface area (Å²) in [5.74, 6) is 0. The fraction of sp³-hybridized carbons (Fsp3) is 0.389. The molecule has 0 aliphatic rings. The molecular formula is C18H24N2. The molecule has 0 bridgehead atoms. The van der Waals surface area contributed by atoms with Gasteiger partial charge < -0.3 is 5.32 Å². The summed E-state index contributed by atoms with van der Waals surface area (Å²) in [5, 5.41) is 3.65. The third kappa shape index (κ3) is 4.78. The van der Waals surface area contributed by atoms with Gasteiger partial charge in [-0.3, -0.25) is 4.98 Å². The van der Waals surface area contributed by atoms with E-state index in [4.69, 9.17) is 0 Å². The highest BCUT2D eigenvalue weighted by Crippen LogP contribution is 2.10. The molecule has 0 fully saturated rings. The Hall–Kier alpha value is -1.67. The van der Waals surface area contributed by atoms with E-state index in [0.29, 0.717) is 6.04 Å². The molecular weight excluding hydrogens is 244 g/mol. The lowest BCUT2D eigenvalue weighted by atomic mass is 10.00. The summed E-state index contributed by atoms with van der Waals surface area (Å²) in [6, 6.07) is 15.4. The van der Waals surface area contributed by atoms with Crippen molar-refractivity contribution >= 4 is 0 Å². The molecule has 2 aromatic rings. The summed E-state index contributed by atoms with van der Waals surface area (Å²) in [6.45, 7) is 5.41. The van der Waals surface area contributed by atoms with Crippen molar-refractivity contribution < 1.29 is 0 Å². The standard InChI is InChI=1S/C18H24N2/c1-3-10-19-18(14-17-9-4-5-11-20-17)13-16-8-6-7-15(2)12-16/h4-9,11-12,18-19H,3,10,13-14H2,1-2H3. The largest absolute Gasteiger partial charge is 0.313 e. The van der Waals surface area contributed by atoms with Crippen LogP contribution in [0.15, 0.2) is 48.7 Å². The van der Waals surface area contributed by atoms with Crippen LogP contribution < -0.4 is 5.32 Å². The van der Waals surface area contributed by atoms with Crippen LogP contribution in [0, 0.1) is 6.92 Å². The van der Waals surface area contributed by atoms with Gasteiger partial charge in [-0.05, 0) is 44.0 Å². The van der Waals surface area contributed by atoms with Crippen LogP contribution in [0.4, 0.5) is 0 Å². The topological polar surface area (TPSA) is 24.9 Å². The minimum absolute atomic E-state index is 0.451. The first-order valence-electron chi connectivity index (χ1n) is 7.46. The smallest absolute Gasteiger partial charge is 0.0419 e. The average Bonchev–Trinajstić information content (AvgIpc) is 2.46. The lowest BCUT2D eigenvalue weighted by molar-refractivity contribution is 0.500. The molecule has 2 heteroatoms. The maximum absolute atomic E-state index is 4.45. The lowest BCUT2D eigenvalue weighted by Gasteiger charge is -2.18. The number of aryl methyl sites for hydroxylation is 1. The highest BCUT2D eigenvalue weighted by Gasteiger charge is 2.10. The Morgan fingerprint density at radius 3 is 2.70 bits per heavy atom. The predicted octanol–water partition coefficient (Wildman–Crippen LogP) is 3.54. The van der Waals surface area contributed by atoms with Crippen LogP contribution in [0.25, 0.3) is 0 Å². The fourth-order valence-corrected chi connectivity index (χ4v) is 2.46. The number of rotatable bonds is 7. The van der Waals surface area contributed by atoms with Gasteiger partial charge in [-0.1, -0.05) is 42.8 Å². The van der Waals surface area contributed by atoms with Crippen LogP contribution >= 0.6 is 0 Å². The van der Waals surface area contributed by atoms with Gasteiger partial charge in [0, 0.05) is 24.4 Å². The van der Waals surface area contributed by atoms with Crippen LogP contribution in [0.5, 0.6) is 0 Å². The van der Waals surface area contributed by atoms with Gasteiger partial charge in [-0.2, -0.15) is 0 Å². The minimum atomic E-state index is 0.451. The van der Waals surface area contributed by atoms with Crippen molar-refractivity contribution in [2.45, 2.75) is 39.2 Å². The summed E-state index contributed by atoms with van der Waals surface area (Å²) in [4.78, 5) is 4.45. The molecule has 0 aliphatic heterocycles. The Bertz CT molecular complexity index is 508. The number of hydrogen-bond acceptors (Lipinski definition) is 2. The van der Waals surface area contributed by atoms with Crippen LogP contribution in [0.1, 0.15) is 30.2 Å². The molecule has 1 N–H and O–H groups in total.